The highest BCUT2D eigenvalue weighted by molar-refractivity contribution is 6.41. The van der Waals surface area contributed by atoms with E-state index >= 15 is 0 Å². The number of hydroxylamine groups is 2. The van der Waals surface area contributed by atoms with Gasteiger partial charge in [-0.25, -0.2) is 4.90 Å². The summed E-state index contributed by atoms with van der Waals surface area (Å²) in [7, 11) is 0. The summed E-state index contributed by atoms with van der Waals surface area (Å²) in [5, 5.41) is 6.89. The van der Waals surface area contributed by atoms with Crippen LogP contribution in [0.2, 0.25) is 5.02 Å². The summed E-state index contributed by atoms with van der Waals surface area (Å²) in [5.74, 6) is -2.55. The highest BCUT2D eigenvalue weighted by Gasteiger charge is 2.62. The van der Waals surface area contributed by atoms with E-state index in [1.54, 1.807) is 18.2 Å². The summed E-state index contributed by atoms with van der Waals surface area (Å²) in [6.07, 6.45) is -1.18. The molecule has 0 bridgehead atoms. The van der Waals surface area contributed by atoms with Crippen molar-refractivity contribution >= 4 is 67.3 Å². The lowest BCUT2D eigenvalue weighted by atomic mass is 9.84. The molecule has 8 rings (SSSR count). The molecule has 0 saturated carbocycles. The number of fused-ring (bicyclic) bond motifs is 4. The number of primary amides is 1. The first-order chi connectivity index (χ1) is 22.0. The van der Waals surface area contributed by atoms with E-state index in [-0.39, 0.29) is 0 Å². The largest absolute Gasteiger partial charge is 0.368 e. The molecule has 4 unspecified atom stereocenters. The number of carbonyl (C=O) groups is 3. The number of hydrogen-bond donors (Lipinski definition) is 1. The second-order valence-electron chi connectivity index (χ2n) is 11.4. The molecule has 2 aliphatic rings. The molecule has 2 fully saturated rings. The summed E-state index contributed by atoms with van der Waals surface area (Å²) in [6, 6.07) is 35.6. The Kier molecular flexibility index (Phi) is 6.42. The number of anilines is 1. The van der Waals surface area contributed by atoms with Gasteiger partial charge in [-0.05, 0) is 33.4 Å². The predicted octanol–water partition coefficient (Wildman–Crippen LogP) is 6.87. The minimum Gasteiger partial charge on any atom is -0.368 e. The Labute approximate surface area is 263 Å². The normalized spacial score (nSPS) is 20.7. The maximum atomic E-state index is 14.7. The topological polar surface area (TPSA) is 92.9 Å². The van der Waals surface area contributed by atoms with E-state index in [9.17, 15) is 14.4 Å². The summed E-state index contributed by atoms with van der Waals surface area (Å²) in [4.78, 5) is 50.0. The minimum absolute atomic E-state index is 0.409. The van der Waals surface area contributed by atoms with Crippen LogP contribution in [0.15, 0.2) is 121 Å². The third kappa shape index (κ3) is 4.09. The predicted molar refractivity (Wildman–Crippen MR) is 174 cm³/mol. The Morgan fingerprint density at radius 2 is 1.24 bits per heavy atom. The molecular weight excluding hydrogens is 586 g/mol. The van der Waals surface area contributed by atoms with E-state index in [4.69, 9.17) is 22.2 Å². The number of hydrogen-bond acceptors (Lipinski definition) is 5. The molecule has 45 heavy (non-hydrogen) atoms. The van der Waals surface area contributed by atoms with Gasteiger partial charge >= 0.3 is 0 Å². The molecule has 2 aliphatic heterocycles. The average Bonchev–Trinajstić information content (AvgIpc) is 3.55. The molecule has 6 aromatic rings. The van der Waals surface area contributed by atoms with Crippen LogP contribution < -0.4 is 10.6 Å². The van der Waals surface area contributed by atoms with E-state index in [0.717, 1.165) is 37.9 Å². The van der Waals surface area contributed by atoms with E-state index in [2.05, 4.69) is 0 Å². The molecule has 4 atom stereocenters. The second-order valence-corrected chi connectivity index (χ2v) is 11.8. The Morgan fingerprint density at radius 3 is 1.89 bits per heavy atom. The number of amides is 3. The molecule has 3 amide bonds. The maximum Gasteiger partial charge on any atom is 0.265 e. The van der Waals surface area contributed by atoms with Gasteiger partial charge < -0.3 is 5.73 Å². The lowest BCUT2D eigenvalue weighted by Gasteiger charge is -2.33. The summed E-state index contributed by atoms with van der Waals surface area (Å²) in [6.45, 7) is 0. The lowest BCUT2D eigenvalue weighted by Crippen LogP contribution is -2.42. The van der Waals surface area contributed by atoms with Crippen molar-refractivity contribution in [2.45, 2.75) is 18.2 Å². The molecule has 8 heteroatoms. The van der Waals surface area contributed by atoms with Crippen LogP contribution in [-0.2, 0) is 19.2 Å². The average molecular weight is 612 g/mol. The van der Waals surface area contributed by atoms with E-state index in [0.29, 0.717) is 16.3 Å². The van der Waals surface area contributed by atoms with Gasteiger partial charge in [0.05, 0.1) is 22.7 Å². The molecule has 0 spiro atoms. The summed E-state index contributed by atoms with van der Waals surface area (Å²) < 4.78 is 0. The molecule has 6 aromatic carbocycles. The Morgan fingerprint density at radius 1 is 0.689 bits per heavy atom. The van der Waals surface area contributed by atoms with Crippen molar-refractivity contribution in [2.75, 3.05) is 4.90 Å². The van der Waals surface area contributed by atoms with Gasteiger partial charge in [0.25, 0.3) is 5.91 Å². The standard InChI is InChI=1S/C37H26ClN3O4/c38-31-26-18-8-6-16-24(26)29(25-17-7-9-19-27(25)31)33-30-34(45-41(33)32(35(39)42)22-12-2-1-3-13-22)37(44)40(36(30)43)28-20-10-14-21-11-4-5-15-23(21)28/h1-20,30,32-34H,(H2,39,42). The minimum atomic E-state index is -1.18. The van der Waals surface area contributed by atoms with Gasteiger partial charge in [-0.2, -0.15) is 5.06 Å². The van der Waals surface area contributed by atoms with Crippen LogP contribution in [0.25, 0.3) is 32.3 Å². The quantitative estimate of drug-likeness (QED) is 0.170. The van der Waals surface area contributed by atoms with Crippen LogP contribution in [0.5, 0.6) is 0 Å². The van der Waals surface area contributed by atoms with Crippen LogP contribution in [0.3, 0.4) is 0 Å². The highest BCUT2D eigenvalue weighted by atomic mass is 35.5. The van der Waals surface area contributed by atoms with Crippen LogP contribution in [0.4, 0.5) is 5.69 Å². The number of nitrogens with zero attached hydrogens (tertiary/aromatic N) is 2. The van der Waals surface area contributed by atoms with Gasteiger partial charge in [-0.1, -0.05) is 127 Å². The molecule has 220 valence electrons. The van der Waals surface area contributed by atoms with Crippen LogP contribution in [0.1, 0.15) is 23.2 Å². The number of rotatable bonds is 5. The van der Waals surface area contributed by atoms with Crippen LogP contribution in [-0.4, -0.2) is 28.9 Å². The van der Waals surface area contributed by atoms with Crippen molar-refractivity contribution < 1.29 is 19.2 Å². The zero-order valence-corrected chi connectivity index (χ0v) is 24.6. The van der Waals surface area contributed by atoms with Crippen molar-refractivity contribution in [1.29, 1.82) is 0 Å². The number of nitrogens with two attached hydrogens (primary N) is 1. The summed E-state index contributed by atoms with van der Waals surface area (Å²) in [5.41, 5.74) is 7.89. The smallest absolute Gasteiger partial charge is 0.265 e. The fourth-order valence-corrected chi connectivity index (χ4v) is 7.43. The van der Waals surface area contributed by atoms with Gasteiger partial charge in [0.15, 0.2) is 6.10 Å². The van der Waals surface area contributed by atoms with E-state index in [1.807, 2.05) is 103 Å². The zero-order valence-electron chi connectivity index (χ0n) is 23.8. The van der Waals surface area contributed by atoms with Crippen molar-refractivity contribution in [3.05, 3.63) is 137 Å². The van der Waals surface area contributed by atoms with Gasteiger partial charge in [-0.15, -0.1) is 0 Å². The number of halogens is 1. The third-order valence-electron chi connectivity index (χ3n) is 9.00. The second kappa shape index (κ2) is 10.5. The van der Waals surface area contributed by atoms with Gasteiger partial charge in [0.2, 0.25) is 11.8 Å². The fourth-order valence-electron chi connectivity index (χ4n) is 7.10. The van der Waals surface area contributed by atoms with Crippen LogP contribution >= 0.6 is 11.6 Å². The Hall–Kier alpha value is -5.08. The number of imide groups is 1. The lowest BCUT2D eigenvalue weighted by molar-refractivity contribution is -0.196. The first kappa shape index (κ1) is 27.5. The van der Waals surface area contributed by atoms with Crippen molar-refractivity contribution in [3.63, 3.8) is 0 Å². The van der Waals surface area contributed by atoms with E-state index < -0.39 is 41.8 Å². The Bertz CT molecular complexity index is 2120. The molecular formula is C37H26ClN3O4. The first-order valence-electron chi connectivity index (χ1n) is 14.7. The summed E-state index contributed by atoms with van der Waals surface area (Å²) >= 11 is 6.97. The van der Waals surface area contributed by atoms with Crippen molar-refractivity contribution in [3.8, 4) is 0 Å². The van der Waals surface area contributed by atoms with Crippen molar-refractivity contribution in [2.24, 2.45) is 11.7 Å². The first-order valence-corrected chi connectivity index (χ1v) is 15.1. The highest BCUT2D eigenvalue weighted by Crippen LogP contribution is 2.53. The third-order valence-corrected chi connectivity index (χ3v) is 9.40. The maximum absolute atomic E-state index is 14.7. The number of benzene rings is 6. The monoisotopic (exact) mass is 611 g/mol. The molecule has 2 N–H and O–H groups in total. The molecule has 0 aliphatic carbocycles. The molecule has 7 nitrogen and oxygen atoms in total. The molecule has 0 radical (unpaired) electrons. The van der Waals surface area contributed by atoms with Crippen LogP contribution in [0, 0.1) is 5.92 Å². The van der Waals surface area contributed by atoms with Gasteiger partial charge in [-0.3, -0.25) is 19.2 Å². The zero-order chi connectivity index (χ0) is 30.8. The SMILES string of the molecule is NC(=O)C(c1ccccc1)N1OC2C(=O)N(c3cccc4ccccc34)C(=O)C2C1c1c2ccccc2c(Cl)c2ccccc12. The van der Waals surface area contributed by atoms with Gasteiger partial charge in [0.1, 0.15) is 6.04 Å². The van der Waals surface area contributed by atoms with Crippen molar-refractivity contribution in [1.82, 2.24) is 5.06 Å². The molecule has 2 heterocycles. The van der Waals surface area contributed by atoms with Gasteiger partial charge in [0, 0.05) is 16.2 Å². The number of carbonyl (C=O) groups excluding carboxylic acids is 3. The van der Waals surface area contributed by atoms with E-state index in [1.165, 1.54) is 9.96 Å². The molecule has 0 aromatic heterocycles. The molecule has 2 saturated heterocycles. The Balaban J connectivity index is 1.39. The fraction of sp³-hybridized carbons (Fsp3) is 0.108.